The first-order valence-corrected chi connectivity index (χ1v) is 7.12. The van der Waals surface area contributed by atoms with E-state index in [0.29, 0.717) is 23.1 Å². The summed E-state index contributed by atoms with van der Waals surface area (Å²) in [6.45, 7) is 2.92. The van der Waals surface area contributed by atoms with E-state index in [2.05, 4.69) is 21.2 Å². The predicted octanol–water partition coefficient (Wildman–Crippen LogP) is 4.77. The second kappa shape index (κ2) is 6.95. The van der Waals surface area contributed by atoms with Gasteiger partial charge in [-0.05, 0) is 42.4 Å². The molecule has 2 rings (SSSR count). The van der Waals surface area contributed by atoms with Crippen molar-refractivity contribution >= 4 is 15.9 Å². The molecule has 2 aromatic rings. The molecule has 1 N–H and O–H groups in total. The van der Waals surface area contributed by atoms with Gasteiger partial charge in [0.15, 0.2) is 29.0 Å². The van der Waals surface area contributed by atoms with Crippen LogP contribution in [-0.2, 0) is 6.54 Å². The average Bonchev–Trinajstić information content (AvgIpc) is 2.42. The first-order chi connectivity index (χ1) is 10.0. The van der Waals surface area contributed by atoms with Crippen LogP contribution in [-0.4, -0.2) is 6.54 Å². The summed E-state index contributed by atoms with van der Waals surface area (Å²) >= 11 is 3.09. The van der Waals surface area contributed by atoms with Crippen LogP contribution in [0.4, 0.5) is 13.2 Å². The molecule has 0 heterocycles. The fourth-order valence-electron chi connectivity index (χ4n) is 1.75. The van der Waals surface area contributed by atoms with Crippen LogP contribution in [0, 0.1) is 17.5 Å². The van der Waals surface area contributed by atoms with Crippen LogP contribution in [0.25, 0.3) is 0 Å². The third-order valence-corrected chi connectivity index (χ3v) is 3.24. The Morgan fingerprint density at radius 1 is 1.05 bits per heavy atom. The molecular formula is C15H13BrF3NO. The van der Waals surface area contributed by atoms with E-state index in [0.717, 1.165) is 18.2 Å². The van der Waals surface area contributed by atoms with Crippen molar-refractivity contribution in [1.29, 1.82) is 0 Å². The van der Waals surface area contributed by atoms with Crippen LogP contribution in [0.2, 0.25) is 0 Å². The molecule has 0 radical (unpaired) electrons. The maximum Gasteiger partial charge on any atom is 0.198 e. The van der Waals surface area contributed by atoms with Crippen LogP contribution < -0.4 is 10.1 Å². The first-order valence-electron chi connectivity index (χ1n) is 6.32. The van der Waals surface area contributed by atoms with E-state index in [4.69, 9.17) is 4.74 Å². The number of ether oxygens (including phenoxy) is 1. The molecule has 21 heavy (non-hydrogen) atoms. The van der Waals surface area contributed by atoms with E-state index in [1.165, 1.54) is 12.1 Å². The Bertz CT molecular complexity index is 626. The Balaban J connectivity index is 2.27. The number of hydrogen-bond donors (Lipinski definition) is 1. The quantitative estimate of drug-likeness (QED) is 0.830. The van der Waals surface area contributed by atoms with Crippen molar-refractivity contribution < 1.29 is 17.9 Å². The maximum absolute atomic E-state index is 13.9. The van der Waals surface area contributed by atoms with Crippen molar-refractivity contribution in [3.8, 4) is 11.5 Å². The molecule has 0 fully saturated rings. The molecule has 0 saturated heterocycles. The van der Waals surface area contributed by atoms with Crippen molar-refractivity contribution in [2.45, 2.75) is 13.5 Å². The van der Waals surface area contributed by atoms with E-state index in [9.17, 15) is 13.2 Å². The summed E-state index contributed by atoms with van der Waals surface area (Å²) in [5.74, 6) is -3.30. The summed E-state index contributed by atoms with van der Waals surface area (Å²) < 4.78 is 47.0. The predicted molar refractivity (Wildman–Crippen MR) is 77.9 cm³/mol. The summed E-state index contributed by atoms with van der Waals surface area (Å²) in [5.41, 5.74) is 0.454. The second-order valence-electron chi connectivity index (χ2n) is 4.35. The van der Waals surface area contributed by atoms with E-state index < -0.39 is 23.2 Å². The molecule has 0 aliphatic heterocycles. The summed E-state index contributed by atoms with van der Waals surface area (Å²) in [6, 6.07) is 6.30. The monoisotopic (exact) mass is 359 g/mol. The van der Waals surface area contributed by atoms with Gasteiger partial charge in [0, 0.05) is 11.0 Å². The number of benzene rings is 2. The summed E-state index contributed by atoms with van der Waals surface area (Å²) in [6.07, 6.45) is 0. The molecule has 0 unspecified atom stereocenters. The Hall–Kier alpha value is -1.53. The van der Waals surface area contributed by atoms with E-state index in [1.807, 2.05) is 6.92 Å². The standard InChI is InChI=1S/C15H13BrF3NO/c1-2-20-8-9-5-12(18)15(13(19)6-9)21-14-4-3-10(16)7-11(14)17/h3-7,20H,2,8H2,1H3. The summed E-state index contributed by atoms with van der Waals surface area (Å²) in [7, 11) is 0. The maximum atomic E-state index is 13.9. The fraction of sp³-hybridized carbons (Fsp3) is 0.200. The van der Waals surface area contributed by atoms with Crippen molar-refractivity contribution in [1.82, 2.24) is 5.32 Å². The lowest BCUT2D eigenvalue weighted by Crippen LogP contribution is -2.12. The highest BCUT2D eigenvalue weighted by Crippen LogP contribution is 2.31. The van der Waals surface area contributed by atoms with Gasteiger partial charge in [0.05, 0.1) is 0 Å². The number of rotatable bonds is 5. The molecule has 0 amide bonds. The Morgan fingerprint density at radius 2 is 1.71 bits per heavy atom. The molecule has 2 aromatic carbocycles. The van der Waals surface area contributed by atoms with Crippen molar-refractivity contribution in [3.63, 3.8) is 0 Å². The number of halogens is 4. The van der Waals surface area contributed by atoms with Gasteiger partial charge in [-0.2, -0.15) is 0 Å². The van der Waals surface area contributed by atoms with Crippen LogP contribution in [0.3, 0.4) is 0 Å². The molecule has 6 heteroatoms. The highest BCUT2D eigenvalue weighted by molar-refractivity contribution is 9.10. The number of hydrogen-bond acceptors (Lipinski definition) is 2. The van der Waals surface area contributed by atoms with Crippen LogP contribution in [0.5, 0.6) is 11.5 Å². The topological polar surface area (TPSA) is 21.3 Å². The van der Waals surface area contributed by atoms with Crippen molar-refractivity contribution in [2.24, 2.45) is 0 Å². The van der Waals surface area contributed by atoms with Crippen molar-refractivity contribution in [2.75, 3.05) is 6.54 Å². The molecule has 0 aliphatic carbocycles. The van der Waals surface area contributed by atoms with Gasteiger partial charge in [0.2, 0.25) is 0 Å². The molecule has 2 nitrogen and oxygen atoms in total. The van der Waals surface area contributed by atoms with Crippen molar-refractivity contribution in [3.05, 3.63) is 57.8 Å². The van der Waals surface area contributed by atoms with E-state index in [-0.39, 0.29) is 5.75 Å². The van der Waals surface area contributed by atoms with Crippen LogP contribution in [0.1, 0.15) is 12.5 Å². The van der Waals surface area contributed by atoms with E-state index >= 15 is 0 Å². The fourth-order valence-corrected chi connectivity index (χ4v) is 2.08. The molecule has 0 atom stereocenters. The molecule has 0 saturated carbocycles. The highest BCUT2D eigenvalue weighted by Gasteiger charge is 2.15. The average molecular weight is 360 g/mol. The zero-order valence-corrected chi connectivity index (χ0v) is 12.8. The van der Waals surface area contributed by atoms with Gasteiger partial charge >= 0.3 is 0 Å². The minimum Gasteiger partial charge on any atom is -0.448 e. The second-order valence-corrected chi connectivity index (χ2v) is 5.26. The largest absolute Gasteiger partial charge is 0.448 e. The third-order valence-electron chi connectivity index (χ3n) is 2.74. The summed E-state index contributed by atoms with van der Waals surface area (Å²) in [5, 5.41) is 2.96. The van der Waals surface area contributed by atoms with Gasteiger partial charge < -0.3 is 10.1 Å². The van der Waals surface area contributed by atoms with Gasteiger partial charge in [-0.25, -0.2) is 13.2 Å². The SMILES string of the molecule is CCNCc1cc(F)c(Oc2ccc(Br)cc2F)c(F)c1. The van der Waals surface area contributed by atoms with Crippen LogP contribution in [0.15, 0.2) is 34.8 Å². The summed E-state index contributed by atoms with van der Waals surface area (Å²) in [4.78, 5) is 0. The highest BCUT2D eigenvalue weighted by atomic mass is 79.9. The van der Waals surface area contributed by atoms with Gasteiger partial charge in [-0.3, -0.25) is 0 Å². The normalized spacial score (nSPS) is 10.7. The van der Waals surface area contributed by atoms with Gasteiger partial charge in [0.25, 0.3) is 0 Å². The Morgan fingerprint density at radius 3 is 2.29 bits per heavy atom. The lowest BCUT2D eigenvalue weighted by atomic mass is 10.2. The Kier molecular flexibility index (Phi) is 5.25. The molecule has 0 spiro atoms. The molecule has 0 aliphatic rings. The lowest BCUT2D eigenvalue weighted by molar-refractivity contribution is 0.386. The van der Waals surface area contributed by atoms with Gasteiger partial charge in [-0.15, -0.1) is 0 Å². The molecular weight excluding hydrogens is 347 g/mol. The minimum absolute atomic E-state index is 0.240. The molecule has 0 bridgehead atoms. The zero-order valence-electron chi connectivity index (χ0n) is 11.2. The molecule has 0 aromatic heterocycles. The molecule has 112 valence electrons. The third kappa shape index (κ3) is 3.98. The number of nitrogens with one attached hydrogen (secondary N) is 1. The Labute approximate surface area is 129 Å². The minimum atomic E-state index is -0.870. The smallest absolute Gasteiger partial charge is 0.198 e. The van der Waals surface area contributed by atoms with E-state index in [1.54, 1.807) is 0 Å². The van der Waals surface area contributed by atoms with Gasteiger partial charge in [0.1, 0.15) is 0 Å². The lowest BCUT2D eigenvalue weighted by Gasteiger charge is -2.11. The zero-order chi connectivity index (χ0) is 15.4. The van der Waals surface area contributed by atoms with Gasteiger partial charge in [-0.1, -0.05) is 22.9 Å². The van der Waals surface area contributed by atoms with Crippen LogP contribution >= 0.6 is 15.9 Å². The first kappa shape index (κ1) is 15.9.